The summed E-state index contributed by atoms with van der Waals surface area (Å²) >= 11 is 0. The predicted molar refractivity (Wildman–Crippen MR) is 207 cm³/mol. The van der Waals surface area contributed by atoms with Gasteiger partial charge >= 0.3 is 5.97 Å². The highest BCUT2D eigenvalue weighted by Crippen LogP contribution is 2.54. The third-order valence-corrected chi connectivity index (χ3v) is 14.7. The highest BCUT2D eigenvalue weighted by molar-refractivity contribution is 5.89. The van der Waals surface area contributed by atoms with E-state index < -0.39 is 46.9 Å². The van der Waals surface area contributed by atoms with Gasteiger partial charge in [-0.25, -0.2) is 0 Å². The number of aliphatic hydroxyl groups is 3. The van der Waals surface area contributed by atoms with E-state index in [-0.39, 0.29) is 66.0 Å². The second-order valence-electron chi connectivity index (χ2n) is 18.2. The standard InChI is InChI=1S/C43H73NO10/c1-12-30(39(47)48)32-16-15-24(4)37(51-32)28(8)36(46)27(7)35(44-11)31(13-2)38-25(5)23-26(6)42(52-38)20-17-33(45)43(54-42)22-21-40(10,53-43)34-18-19-41(49,14-3)29(9)50-34/h17,20,24-34,36-38,45-46,49H,12-16,18-19,21-23H2,1-11H3,(H,47,48)/b44-35+/t24-,25-,26+,27+,28-,29-,30+,31-,32+,33+,34+,36+,37+,38-,40-,41+,42-,43-/m0/s1. The first kappa shape index (κ1) is 43.7. The first-order valence-electron chi connectivity index (χ1n) is 21.2. The van der Waals surface area contributed by atoms with Crippen LogP contribution in [-0.2, 0) is 28.5 Å². The molecular weight excluding hydrogens is 690 g/mol. The molecule has 0 amide bonds. The van der Waals surface area contributed by atoms with Crippen LogP contribution in [0.15, 0.2) is 17.1 Å². The van der Waals surface area contributed by atoms with E-state index in [1.165, 1.54) is 0 Å². The van der Waals surface area contributed by atoms with Crippen LogP contribution in [-0.4, -0.2) is 105 Å². The molecule has 5 heterocycles. The highest BCUT2D eigenvalue weighted by atomic mass is 16.8. The number of hydrogen-bond donors (Lipinski definition) is 4. The zero-order chi connectivity index (χ0) is 40.0. The zero-order valence-corrected chi connectivity index (χ0v) is 35.0. The number of aliphatic hydroxyl groups excluding tert-OH is 2. The molecule has 5 rings (SSSR count). The quantitative estimate of drug-likeness (QED) is 0.125. The van der Waals surface area contributed by atoms with Crippen LogP contribution in [0.3, 0.4) is 0 Å². The summed E-state index contributed by atoms with van der Waals surface area (Å²) in [6, 6.07) is 0. The van der Waals surface area contributed by atoms with Gasteiger partial charge in [0.2, 0.25) is 5.79 Å². The molecule has 310 valence electrons. The molecule has 11 heteroatoms. The Hall–Kier alpha value is -1.44. The Morgan fingerprint density at radius 3 is 2.20 bits per heavy atom. The number of carboxylic acids is 1. The number of carboxylic acid groups (broad SMARTS) is 1. The molecule has 5 aliphatic heterocycles. The second-order valence-corrected chi connectivity index (χ2v) is 18.2. The first-order valence-corrected chi connectivity index (χ1v) is 21.2. The van der Waals surface area contributed by atoms with Gasteiger partial charge in [0, 0.05) is 42.9 Å². The van der Waals surface area contributed by atoms with Gasteiger partial charge in [0.05, 0.1) is 53.7 Å². The number of aliphatic imine (C=N–C) groups is 1. The molecule has 0 aromatic heterocycles. The summed E-state index contributed by atoms with van der Waals surface area (Å²) in [5.74, 6) is -4.24. The Morgan fingerprint density at radius 1 is 0.926 bits per heavy atom. The lowest BCUT2D eigenvalue weighted by molar-refractivity contribution is -0.408. The minimum Gasteiger partial charge on any atom is -0.481 e. The Kier molecular flexibility index (Phi) is 13.6. The van der Waals surface area contributed by atoms with Gasteiger partial charge in [0.15, 0.2) is 5.79 Å². The van der Waals surface area contributed by atoms with Crippen molar-refractivity contribution in [3.05, 3.63) is 12.2 Å². The van der Waals surface area contributed by atoms with E-state index in [2.05, 4.69) is 27.7 Å². The van der Waals surface area contributed by atoms with Crippen molar-refractivity contribution in [3.8, 4) is 0 Å². The van der Waals surface area contributed by atoms with Crippen LogP contribution in [0.4, 0.5) is 0 Å². The maximum Gasteiger partial charge on any atom is 0.309 e. The van der Waals surface area contributed by atoms with Gasteiger partial charge in [-0.2, -0.15) is 0 Å². The van der Waals surface area contributed by atoms with Gasteiger partial charge in [-0.3, -0.25) is 9.79 Å². The molecule has 0 aliphatic carbocycles. The zero-order valence-electron chi connectivity index (χ0n) is 35.0. The number of aliphatic carboxylic acids is 1. The summed E-state index contributed by atoms with van der Waals surface area (Å²) in [6.07, 6.45) is 6.95. The van der Waals surface area contributed by atoms with Gasteiger partial charge in [-0.15, -0.1) is 0 Å². The van der Waals surface area contributed by atoms with Crippen molar-refractivity contribution in [1.82, 2.24) is 0 Å². The van der Waals surface area contributed by atoms with E-state index in [1.807, 2.05) is 47.6 Å². The van der Waals surface area contributed by atoms with Crippen molar-refractivity contribution in [2.24, 2.45) is 46.4 Å². The molecule has 0 aromatic carbocycles. The van der Waals surface area contributed by atoms with Gasteiger partial charge in [-0.1, -0.05) is 55.4 Å². The van der Waals surface area contributed by atoms with Crippen LogP contribution in [0.2, 0.25) is 0 Å². The largest absolute Gasteiger partial charge is 0.481 e. The van der Waals surface area contributed by atoms with Crippen LogP contribution >= 0.6 is 0 Å². The lowest BCUT2D eigenvalue weighted by atomic mass is 9.72. The van der Waals surface area contributed by atoms with E-state index in [1.54, 1.807) is 13.1 Å². The monoisotopic (exact) mass is 764 g/mol. The Balaban J connectivity index is 1.34. The fourth-order valence-electron chi connectivity index (χ4n) is 10.9. The molecule has 11 nitrogen and oxygen atoms in total. The first-order chi connectivity index (χ1) is 25.3. The molecule has 2 spiro atoms. The van der Waals surface area contributed by atoms with Gasteiger partial charge in [0.1, 0.15) is 6.10 Å². The van der Waals surface area contributed by atoms with Gasteiger partial charge in [0.25, 0.3) is 0 Å². The number of nitrogens with zero attached hydrogens (tertiary/aromatic N) is 1. The molecule has 4 fully saturated rings. The number of hydrogen-bond acceptors (Lipinski definition) is 10. The second kappa shape index (κ2) is 16.8. The number of ether oxygens (including phenoxy) is 5. The molecule has 54 heavy (non-hydrogen) atoms. The molecule has 0 bridgehead atoms. The van der Waals surface area contributed by atoms with Crippen molar-refractivity contribution in [2.45, 2.75) is 199 Å². The van der Waals surface area contributed by atoms with E-state index in [9.17, 15) is 25.2 Å². The summed E-state index contributed by atoms with van der Waals surface area (Å²) < 4.78 is 34.0. The maximum atomic E-state index is 12.0. The van der Waals surface area contributed by atoms with Crippen molar-refractivity contribution in [2.75, 3.05) is 7.05 Å². The topological polar surface area (TPSA) is 156 Å². The molecule has 0 radical (unpaired) electrons. The van der Waals surface area contributed by atoms with Crippen LogP contribution in [0.5, 0.6) is 0 Å². The van der Waals surface area contributed by atoms with E-state index in [0.29, 0.717) is 44.9 Å². The SMILES string of the molecule is CC[C@@H](C(=O)O)[C@H]1CC[C@H](C)[C@H]([C@@H](C)[C@H](O)[C@H](C)/C(=N\C)[C@H](CC)[C@H]2O[C@]3(C=C[C@@H](O)[C@]4(CC[C@@](C)([C@H]5CC[C@](O)(CC)[C@H](C)O5)O4)O3)[C@H](C)C[C@@H]2C)O1. The van der Waals surface area contributed by atoms with Crippen LogP contribution < -0.4 is 0 Å². The minimum atomic E-state index is -1.32. The highest BCUT2D eigenvalue weighted by Gasteiger charge is 2.63. The van der Waals surface area contributed by atoms with Crippen molar-refractivity contribution in [1.29, 1.82) is 0 Å². The molecule has 0 unspecified atom stereocenters. The fourth-order valence-corrected chi connectivity index (χ4v) is 10.9. The van der Waals surface area contributed by atoms with E-state index >= 15 is 0 Å². The molecule has 4 N–H and O–H groups in total. The van der Waals surface area contributed by atoms with E-state index in [0.717, 1.165) is 25.0 Å². The summed E-state index contributed by atoms with van der Waals surface area (Å²) in [5, 5.41) is 44.4. The molecule has 0 aromatic rings. The third-order valence-electron chi connectivity index (χ3n) is 14.7. The normalized spacial score (nSPS) is 46.0. The number of carbonyl (C=O) groups is 1. The molecule has 0 saturated carbocycles. The maximum absolute atomic E-state index is 12.0. The lowest BCUT2D eigenvalue weighted by Gasteiger charge is -2.54. The van der Waals surface area contributed by atoms with Crippen LogP contribution in [0.1, 0.15) is 133 Å². The van der Waals surface area contributed by atoms with Gasteiger partial charge < -0.3 is 44.1 Å². The molecular formula is C43H73NO10. The molecule has 18 atom stereocenters. The third kappa shape index (κ3) is 8.00. The van der Waals surface area contributed by atoms with Crippen molar-refractivity contribution in [3.63, 3.8) is 0 Å². The molecule has 5 aliphatic rings. The van der Waals surface area contributed by atoms with E-state index in [4.69, 9.17) is 28.7 Å². The smallest absolute Gasteiger partial charge is 0.309 e. The molecule has 4 saturated heterocycles. The summed E-state index contributed by atoms with van der Waals surface area (Å²) in [5.41, 5.74) is -0.700. The lowest BCUT2D eigenvalue weighted by Crippen LogP contribution is -2.63. The van der Waals surface area contributed by atoms with Gasteiger partial charge in [-0.05, 0) is 95.6 Å². The summed E-state index contributed by atoms with van der Waals surface area (Å²) in [6.45, 7) is 20.5. The Labute approximate surface area is 324 Å². The van der Waals surface area contributed by atoms with Crippen molar-refractivity contribution < 1.29 is 48.9 Å². The van der Waals surface area contributed by atoms with Crippen LogP contribution in [0, 0.1) is 41.4 Å². The van der Waals surface area contributed by atoms with Crippen LogP contribution in [0.25, 0.3) is 0 Å². The Bertz CT molecular complexity index is 1360. The Morgan fingerprint density at radius 2 is 1.61 bits per heavy atom. The minimum absolute atomic E-state index is 0.0384. The number of rotatable bonds is 12. The average molecular weight is 764 g/mol. The van der Waals surface area contributed by atoms with Crippen molar-refractivity contribution >= 4 is 11.7 Å². The summed E-state index contributed by atoms with van der Waals surface area (Å²) in [7, 11) is 1.79. The fraction of sp³-hybridized carbons (Fsp3) is 0.907. The average Bonchev–Trinajstić information content (AvgIpc) is 3.48. The summed E-state index contributed by atoms with van der Waals surface area (Å²) in [4.78, 5) is 16.8. The predicted octanol–water partition coefficient (Wildman–Crippen LogP) is 6.69.